The molecule has 0 nitrogen and oxygen atoms in total. The van der Waals surface area contributed by atoms with Gasteiger partial charge in [-0.3, -0.25) is 0 Å². The summed E-state index contributed by atoms with van der Waals surface area (Å²) in [6, 6.07) is 17.8. The van der Waals surface area contributed by atoms with Crippen molar-refractivity contribution < 1.29 is 0 Å². The predicted octanol–water partition coefficient (Wildman–Crippen LogP) is 8.57. The zero-order valence-corrected chi connectivity index (χ0v) is 17.4. The van der Waals surface area contributed by atoms with Crippen LogP contribution in [0.1, 0.15) is 37.3 Å². The van der Waals surface area contributed by atoms with E-state index in [4.69, 9.17) is 0 Å². The molecule has 0 aliphatic heterocycles. The van der Waals surface area contributed by atoms with Gasteiger partial charge in [-0.2, -0.15) is 0 Å². The highest BCUT2D eigenvalue weighted by Crippen LogP contribution is 2.41. The minimum atomic E-state index is 0.975. The average Bonchev–Trinajstić information content (AvgIpc) is 2.97. The topological polar surface area (TPSA) is 0 Å². The smallest absolute Gasteiger partial charge is 0.00295 e. The van der Waals surface area contributed by atoms with Crippen molar-refractivity contribution in [3.8, 4) is 0 Å². The van der Waals surface area contributed by atoms with Crippen molar-refractivity contribution in [3.05, 3.63) is 120 Å². The van der Waals surface area contributed by atoms with Crippen LogP contribution in [0.3, 0.4) is 0 Å². The highest BCUT2D eigenvalue weighted by molar-refractivity contribution is 6.17. The number of fused-ring (bicyclic) bond motifs is 2. The fourth-order valence-electron chi connectivity index (χ4n) is 4.57. The van der Waals surface area contributed by atoms with E-state index in [1.807, 2.05) is 0 Å². The average molecular weight is 387 g/mol. The van der Waals surface area contributed by atoms with Gasteiger partial charge in [-0.1, -0.05) is 109 Å². The first-order valence-corrected chi connectivity index (χ1v) is 10.8. The van der Waals surface area contributed by atoms with Crippen molar-refractivity contribution in [2.45, 2.75) is 26.2 Å². The van der Waals surface area contributed by atoms with Crippen molar-refractivity contribution >= 4 is 32.7 Å². The molecule has 3 aromatic carbocycles. The van der Waals surface area contributed by atoms with Crippen molar-refractivity contribution in [1.82, 2.24) is 0 Å². The molecule has 0 heteroatoms. The maximum absolute atomic E-state index is 2.38. The molecule has 0 bridgehead atoms. The second kappa shape index (κ2) is 8.16. The number of hydrogen-bond acceptors (Lipinski definition) is 0. The van der Waals surface area contributed by atoms with Crippen LogP contribution in [0.5, 0.6) is 0 Å². The SMILES string of the molecule is CC1=CC=CC(c2c3ccccc3c(C3=C/C/C=C\C/C=C\3)c3ccccc23)=CC1. The molecule has 5 rings (SSSR count). The maximum Gasteiger partial charge on any atom is -0.00295 e. The number of rotatable bonds is 2. The van der Waals surface area contributed by atoms with Crippen molar-refractivity contribution in [2.24, 2.45) is 0 Å². The Bertz CT molecular complexity index is 1250. The van der Waals surface area contributed by atoms with Crippen LogP contribution in [-0.2, 0) is 0 Å². The van der Waals surface area contributed by atoms with Gasteiger partial charge >= 0.3 is 0 Å². The highest BCUT2D eigenvalue weighted by Gasteiger charge is 2.17. The molecule has 0 amide bonds. The summed E-state index contributed by atoms with van der Waals surface area (Å²) < 4.78 is 0. The fraction of sp³-hybridized carbons (Fsp3) is 0.133. The van der Waals surface area contributed by atoms with Gasteiger partial charge < -0.3 is 0 Å². The third kappa shape index (κ3) is 3.39. The van der Waals surface area contributed by atoms with E-state index in [1.54, 1.807) is 0 Å². The van der Waals surface area contributed by atoms with Gasteiger partial charge in [0, 0.05) is 0 Å². The van der Waals surface area contributed by atoms with Crippen molar-refractivity contribution in [1.29, 1.82) is 0 Å². The van der Waals surface area contributed by atoms with Crippen LogP contribution in [-0.4, -0.2) is 0 Å². The second-order valence-electron chi connectivity index (χ2n) is 8.08. The molecule has 146 valence electrons. The standard InChI is InChI=1S/C30H26/c1-22-12-11-15-24(21-20-22)30-27-18-9-7-16-25(27)29(26-17-8-10-19-28(26)30)23-13-5-3-2-4-6-14-23/h2-3,6-19,21H,4-5,20H2,1H3/b3-2-,14-6-,23-13+. The highest BCUT2D eigenvalue weighted by atomic mass is 14.2. The van der Waals surface area contributed by atoms with Gasteiger partial charge in [0.2, 0.25) is 0 Å². The van der Waals surface area contributed by atoms with Crippen LogP contribution < -0.4 is 0 Å². The Balaban J connectivity index is 1.87. The van der Waals surface area contributed by atoms with E-state index in [9.17, 15) is 0 Å². The lowest BCUT2D eigenvalue weighted by atomic mass is 9.85. The summed E-state index contributed by atoms with van der Waals surface area (Å²) >= 11 is 0. The van der Waals surface area contributed by atoms with Gasteiger partial charge in [-0.15, -0.1) is 0 Å². The Morgan fingerprint density at radius 3 is 1.80 bits per heavy atom. The van der Waals surface area contributed by atoms with Gasteiger partial charge in [0.15, 0.2) is 0 Å². The van der Waals surface area contributed by atoms with Gasteiger partial charge in [-0.25, -0.2) is 0 Å². The van der Waals surface area contributed by atoms with E-state index in [0.29, 0.717) is 0 Å². The maximum atomic E-state index is 2.38. The lowest BCUT2D eigenvalue weighted by molar-refractivity contribution is 1.22. The monoisotopic (exact) mass is 386 g/mol. The lowest BCUT2D eigenvalue weighted by Gasteiger charge is -2.19. The quantitative estimate of drug-likeness (QED) is 0.305. The molecule has 0 unspecified atom stereocenters. The summed E-state index contributed by atoms with van der Waals surface area (Å²) in [6.07, 6.45) is 23.5. The van der Waals surface area contributed by atoms with E-state index >= 15 is 0 Å². The van der Waals surface area contributed by atoms with Gasteiger partial charge in [0.25, 0.3) is 0 Å². The molecule has 0 heterocycles. The van der Waals surface area contributed by atoms with Gasteiger partial charge in [0.1, 0.15) is 0 Å². The van der Waals surface area contributed by atoms with E-state index in [2.05, 4.69) is 110 Å². The molecule has 0 saturated carbocycles. The molecule has 0 aromatic heterocycles. The minimum Gasteiger partial charge on any atom is -0.0844 e. The van der Waals surface area contributed by atoms with Crippen molar-refractivity contribution in [3.63, 3.8) is 0 Å². The first kappa shape index (κ1) is 18.6. The Morgan fingerprint density at radius 1 is 0.600 bits per heavy atom. The molecule has 0 spiro atoms. The predicted molar refractivity (Wildman–Crippen MR) is 132 cm³/mol. The van der Waals surface area contributed by atoms with Crippen LogP contribution >= 0.6 is 0 Å². The normalized spacial score (nSPS) is 20.5. The molecule has 0 N–H and O–H groups in total. The summed E-state index contributed by atoms with van der Waals surface area (Å²) in [6.45, 7) is 2.20. The van der Waals surface area contributed by atoms with Crippen LogP contribution in [0.15, 0.2) is 109 Å². The molecular weight excluding hydrogens is 360 g/mol. The van der Waals surface area contributed by atoms with Gasteiger partial charge in [0.05, 0.1) is 0 Å². The zero-order valence-electron chi connectivity index (χ0n) is 17.4. The molecule has 0 saturated heterocycles. The van der Waals surface area contributed by atoms with Crippen LogP contribution in [0, 0.1) is 0 Å². The van der Waals surface area contributed by atoms with E-state index in [0.717, 1.165) is 19.3 Å². The molecule has 3 aromatic rings. The summed E-state index contributed by atoms with van der Waals surface area (Å²) in [7, 11) is 0. The number of benzene rings is 3. The third-order valence-corrected chi connectivity index (χ3v) is 6.02. The van der Waals surface area contributed by atoms with Crippen LogP contribution in [0.4, 0.5) is 0 Å². The third-order valence-electron chi connectivity index (χ3n) is 6.02. The molecule has 2 aliphatic carbocycles. The Kier molecular flexibility index (Phi) is 5.07. The number of allylic oxidation sites excluding steroid dienone is 12. The van der Waals surface area contributed by atoms with Gasteiger partial charge in [-0.05, 0) is 70.0 Å². The molecule has 0 radical (unpaired) electrons. The minimum absolute atomic E-state index is 0.975. The summed E-state index contributed by atoms with van der Waals surface area (Å²) in [5, 5.41) is 5.31. The fourth-order valence-corrected chi connectivity index (χ4v) is 4.57. The molecule has 30 heavy (non-hydrogen) atoms. The summed E-state index contributed by atoms with van der Waals surface area (Å²) in [4.78, 5) is 0. The first-order chi connectivity index (χ1) is 14.8. The Labute approximate surface area is 178 Å². The zero-order chi connectivity index (χ0) is 20.3. The summed E-state index contributed by atoms with van der Waals surface area (Å²) in [5.74, 6) is 0. The Morgan fingerprint density at radius 2 is 1.17 bits per heavy atom. The van der Waals surface area contributed by atoms with Crippen LogP contribution in [0.2, 0.25) is 0 Å². The Hall–Kier alpha value is -3.38. The van der Waals surface area contributed by atoms with E-state index in [1.165, 1.54) is 49.4 Å². The lowest BCUT2D eigenvalue weighted by Crippen LogP contribution is -1.95. The largest absolute Gasteiger partial charge is 0.0844 e. The number of hydrogen-bond donors (Lipinski definition) is 0. The van der Waals surface area contributed by atoms with E-state index in [-0.39, 0.29) is 0 Å². The molecular formula is C30H26. The van der Waals surface area contributed by atoms with Crippen LogP contribution in [0.25, 0.3) is 32.7 Å². The second-order valence-corrected chi connectivity index (χ2v) is 8.08. The summed E-state index contributed by atoms with van der Waals surface area (Å²) in [5.41, 5.74) is 6.72. The van der Waals surface area contributed by atoms with E-state index < -0.39 is 0 Å². The van der Waals surface area contributed by atoms with Crippen molar-refractivity contribution in [2.75, 3.05) is 0 Å². The molecule has 0 fully saturated rings. The molecule has 0 atom stereocenters. The first-order valence-electron chi connectivity index (χ1n) is 10.8. The molecule has 2 aliphatic rings.